The lowest BCUT2D eigenvalue weighted by atomic mass is 10.0. The van der Waals surface area contributed by atoms with Gasteiger partial charge >= 0.3 is 5.97 Å². The second-order valence-corrected chi connectivity index (χ2v) is 5.52. The highest BCUT2D eigenvalue weighted by atomic mass is 16.5. The Bertz CT molecular complexity index is 473. The van der Waals surface area contributed by atoms with Crippen LogP contribution in [-0.2, 0) is 4.79 Å². The van der Waals surface area contributed by atoms with Crippen LogP contribution in [0.25, 0.3) is 0 Å². The van der Waals surface area contributed by atoms with Crippen LogP contribution in [0.15, 0.2) is 18.2 Å². The lowest BCUT2D eigenvalue weighted by Gasteiger charge is -2.23. The summed E-state index contributed by atoms with van der Waals surface area (Å²) in [5, 5.41) is 12.5. The first-order valence-corrected chi connectivity index (χ1v) is 7.09. The van der Waals surface area contributed by atoms with Gasteiger partial charge in [0.05, 0.1) is 14.2 Å². The zero-order valence-electron chi connectivity index (χ0n) is 13.3. The van der Waals surface area contributed by atoms with Gasteiger partial charge in [0.1, 0.15) is 17.5 Å². The van der Waals surface area contributed by atoms with E-state index < -0.39 is 12.0 Å². The Hall–Kier alpha value is -1.75. The van der Waals surface area contributed by atoms with Crippen LogP contribution in [0.2, 0.25) is 0 Å². The minimum Gasteiger partial charge on any atom is -0.497 e. The van der Waals surface area contributed by atoms with Crippen LogP contribution in [0.5, 0.6) is 11.5 Å². The molecule has 0 amide bonds. The Kier molecular flexibility index (Phi) is 6.49. The van der Waals surface area contributed by atoms with E-state index in [9.17, 15) is 9.90 Å². The summed E-state index contributed by atoms with van der Waals surface area (Å²) in [5.41, 5.74) is 0.910. The monoisotopic (exact) mass is 295 g/mol. The number of carbonyl (C=O) groups is 1. The van der Waals surface area contributed by atoms with E-state index in [1.54, 1.807) is 20.3 Å². The Morgan fingerprint density at radius 2 is 1.90 bits per heavy atom. The SMILES string of the molecule is COc1ccc(C(C)NC(CC(C)C)C(=O)O)c(OC)c1. The predicted octanol–water partition coefficient (Wildman–Crippen LogP) is 2.85. The molecule has 0 spiro atoms. The number of carboxylic acid groups (broad SMARTS) is 1. The van der Waals surface area contributed by atoms with Crippen LogP contribution < -0.4 is 14.8 Å². The number of hydrogen-bond donors (Lipinski definition) is 2. The molecule has 0 heterocycles. The van der Waals surface area contributed by atoms with Gasteiger partial charge in [-0.25, -0.2) is 0 Å². The second kappa shape index (κ2) is 7.88. The van der Waals surface area contributed by atoms with Gasteiger partial charge in [-0.1, -0.05) is 19.9 Å². The summed E-state index contributed by atoms with van der Waals surface area (Å²) in [6.45, 7) is 5.95. The third-order valence-corrected chi connectivity index (χ3v) is 3.36. The highest BCUT2D eigenvalue weighted by Gasteiger charge is 2.22. The minimum absolute atomic E-state index is 0.134. The van der Waals surface area contributed by atoms with Crippen molar-refractivity contribution in [1.82, 2.24) is 5.32 Å². The molecule has 2 N–H and O–H groups in total. The van der Waals surface area contributed by atoms with Gasteiger partial charge in [-0.3, -0.25) is 10.1 Å². The van der Waals surface area contributed by atoms with Crippen molar-refractivity contribution in [2.45, 2.75) is 39.3 Å². The van der Waals surface area contributed by atoms with E-state index in [-0.39, 0.29) is 6.04 Å². The molecule has 5 nitrogen and oxygen atoms in total. The largest absolute Gasteiger partial charge is 0.497 e. The molecule has 0 aliphatic carbocycles. The molecule has 0 radical (unpaired) electrons. The molecule has 0 aliphatic rings. The highest BCUT2D eigenvalue weighted by Crippen LogP contribution is 2.29. The number of carboxylic acids is 1. The number of aliphatic carboxylic acids is 1. The summed E-state index contributed by atoms with van der Waals surface area (Å²) >= 11 is 0. The molecule has 0 bridgehead atoms. The maximum absolute atomic E-state index is 11.3. The summed E-state index contributed by atoms with van der Waals surface area (Å²) in [7, 11) is 3.19. The number of ether oxygens (including phenoxy) is 2. The first-order chi connectivity index (χ1) is 9.88. The first kappa shape index (κ1) is 17.3. The van der Waals surface area contributed by atoms with Crippen LogP contribution in [0.3, 0.4) is 0 Å². The van der Waals surface area contributed by atoms with E-state index in [2.05, 4.69) is 5.32 Å². The molecule has 2 atom stereocenters. The molecule has 1 aromatic rings. The number of rotatable bonds is 8. The normalized spacial score (nSPS) is 13.8. The lowest BCUT2D eigenvalue weighted by molar-refractivity contribution is -0.140. The van der Waals surface area contributed by atoms with Crippen molar-refractivity contribution < 1.29 is 19.4 Å². The average Bonchev–Trinajstić information content (AvgIpc) is 2.45. The summed E-state index contributed by atoms with van der Waals surface area (Å²) in [5.74, 6) is 0.870. The molecule has 0 aliphatic heterocycles. The molecule has 0 saturated heterocycles. The zero-order chi connectivity index (χ0) is 16.0. The molecule has 5 heteroatoms. The average molecular weight is 295 g/mol. The fourth-order valence-electron chi connectivity index (χ4n) is 2.28. The van der Waals surface area contributed by atoms with Crippen molar-refractivity contribution in [3.8, 4) is 11.5 Å². The van der Waals surface area contributed by atoms with E-state index in [1.165, 1.54) is 0 Å². The maximum Gasteiger partial charge on any atom is 0.320 e. The van der Waals surface area contributed by atoms with Crippen molar-refractivity contribution in [3.05, 3.63) is 23.8 Å². The predicted molar refractivity (Wildman–Crippen MR) is 82.0 cm³/mol. The van der Waals surface area contributed by atoms with E-state index in [0.717, 1.165) is 5.56 Å². The Labute approximate surface area is 126 Å². The van der Waals surface area contributed by atoms with Crippen LogP contribution >= 0.6 is 0 Å². The van der Waals surface area contributed by atoms with Gasteiger partial charge in [-0.15, -0.1) is 0 Å². The third kappa shape index (κ3) is 4.93. The van der Waals surface area contributed by atoms with Crippen molar-refractivity contribution in [2.24, 2.45) is 5.92 Å². The van der Waals surface area contributed by atoms with E-state index >= 15 is 0 Å². The molecular formula is C16H25NO4. The van der Waals surface area contributed by atoms with Crippen molar-refractivity contribution in [2.75, 3.05) is 14.2 Å². The van der Waals surface area contributed by atoms with Crippen molar-refractivity contribution in [1.29, 1.82) is 0 Å². The highest BCUT2D eigenvalue weighted by molar-refractivity contribution is 5.73. The van der Waals surface area contributed by atoms with Gasteiger partial charge in [0.25, 0.3) is 0 Å². The minimum atomic E-state index is -0.831. The fourth-order valence-corrected chi connectivity index (χ4v) is 2.28. The van der Waals surface area contributed by atoms with E-state index in [4.69, 9.17) is 9.47 Å². The van der Waals surface area contributed by atoms with Crippen LogP contribution in [0, 0.1) is 5.92 Å². The zero-order valence-corrected chi connectivity index (χ0v) is 13.3. The standard InChI is InChI=1S/C16H25NO4/c1-10(2)8-14(16(18)19)17-11(3)13-7-6-12(20-4)9-15(13)21-5/h6-7,9-11,14,17H,8H2,1-5H3,(H,18,19). The molecular weight excluding hydrogens is 270 g/mol. The molecule has 0 aromatic heterocycles. The Morgan fingerprint density at radius 1 is 1.24 bits per heavy atom. The Morgan fingerprint density at radius 3 is 2.38 bits per heavy atom. The quantitative estimate of drug-likeness (QED) is 0.772. The van der Waals surface area contributed by atoms with Gasteiger partial charge in [-0.2, -0.15) is 0 Å². The summed E-state index contributed by atoms with van der Waals surface area (Å²) < 4.78 is 10.5. The molecule has 0 fully saturated rings. The van der Waals surface area contributed by atoms with Gasteiger partial charge in [-0.05, 0) is 25.3 Å². The number of methoxy groups -OCH3 is 2. The number of hydrogen-bond acceptors (Lipinski definition) is 4. The molecule has 2 unspecified atom stereocenters. The summed E-state index contributed by atoms with van der Waals surface area (Å²) in [4.78, 5) is 11.3. The molecule has 21 heavy (non-hydrogen) atoms. The van der Waals surface area contributed by atoms with Gasteiger partial charge in [0, 0.05) is 17.7 Å². The number of benzene rings is 1. The van der Waals surface area contributed by atoms with E-state index in [1.807, 2.05) is 32.9 Å². The molecule has 1 rings (SSSR count). The summed E-state index contributed by atoms with van der Waals surface area (Å²) in [6.07, 6.45) is 0.581. The van der Waals surface area contributed by atoms with Gasteiger partial charge in [0.15, 0.2) is 0 Å². The molecule has 0 saturated carbocycles. The van der Waals surface area contributed by atoms with E-state index in [0.29, 0.717) is 23.8 Å². The van der Waals surface area contributed by atoms with Gasteiger partial charge in [0.2, 0.25) is 0 Å². The topological polar surface area (TPSA) is 67.8 Å². The fraction of sp³-hybridized carbons (Fsp3) is 0.562. The van der Waals surface area contributed by atoms with Gasteiger partial charge < -0.3 is 14.6 Å². The van der Waals surface area contributed by atoms with Crippen LogP contribution in [0.1, 0.15) is 38.8 Å². The first-order valence-electron chi connectivity index (χ1n) is 7.09. The number of nitrogens with one attached hydrogen (secondary N) is 1. The summed E-state index contributed by atoms with van der Waals surface area (Å²) in [6, 6.07) is 4.82. The van der Waals surface area contributed by atoms with Crippen molar-refractivity contribution in [3.63, 3.8) is 0 Å². The molecule has 118 valence electrons. The van der Waals surface area contributed by atoms with Crippen LogP contribution in [0.4, 0.5) is 0 Å². The molecule has 1 aromatic carbocycles. The van der Waals surface area contributed by atoms with Crippen molar-refractivity contribution >= 4 is 5.97 Å². The second-order valence-electron chi connectivity index (χ2n) is 5.52. The smallest absolute Gasteiger partial charge is 0.320 e. The van der Waals surface area contributed by atoms with Crippen LogP contribution in [-0.4, -0.2) is 31.3 Å². The Balaban J connectivity index is 2.91. The lowest BCUT2D eigenvalue weighted by Crippen LogP contribution is -2.39. The third-order valence-electron chi connectivity index (χ3n) is 3.36. The maximum atomic E-state index is 11.3.